The van der Waals surface area contributed by atoms with Crippen molar-refractivity contribution in [1.82, 2.24) is 4.57 Å². The molecule has 0 aliphatic carbocycles. The van der Waals surface area contributed by atoms with Gasteiger partial charge < -0.3 is 0 Å². The molecule has 2 nitrogen and oxygen atoms in total. The van der Waals surface area contributed by atoms with Crippen LogP contribution in [0.1, 0.15) is 58.8 Å². The Kier molecular flexibility index (Phi) is 3.00. The Labute approximate surface area is 100 Å². The van der Waals surface area contributed by atoms with Crippen molar-refractivity contribution < 1.29 is 4.57 Å². The first-order chi connectivity index (χ1) is 6.98. The van der Waals surface area contributed by atoms with Crippen LogP contribution in [0.4, 0.5) is 0 Å². The van der Waals surface area contributed by atoms with Crippen molar-refractivity contribution in [3.8, 4) is 0 Å². The number of hydrogen-bond donors (Lipinski definition) is 0. The van der Waals surface area contributed by atoms with Crippen LogP contribution >= 0.6 is 0 Å². The highest BCUT2D eigenvalue weighted by molar-refractivity contribution is 5.10. The van der Waals surface area contributed by atoms with Crippen molar-refractivity contribution >= 4 is 0 Å². The van der Waals surface area contributed by atoms with Crippen molar-refractivity contribution in [2.75, 3.05) is 0 Å². The summed E-state index contributed by atoms with van der Waals surface area (Å²) in [7, 11) is 0. The Morgan fingerprint density at radius 2 is 1.31 bits per heavy atom. The second kappa shape index (κ2) is 3.61. The second-order valence-corrected chi connectivity index (χ2v) is 6.73. The third-order valence-electron chi connectivity index (χ3n) is 3.18. The van der Waals surface area contributed by atoms with Crippen molar-refractivity contribution in [3.63, 3.8) is 0 Å². The van der Waals surface area contributed by atoms with E-state index < -0.39 is 0 Å². The molecule has 0 amide bonds. The second-order valence-electron chi connectivity index (χ2n) is 6.73. The van der Waals surface area contributed by atoms with Gasteiger partial charge in [0.15, 0.2) is 0 Å². The predicted molar refractivity (Wildman–Crippen MR) is 68.8 cm³/mol. The highest BCUT2D eigenvalue weighted by Crippen LogP contribution is 2.22. The molecule has 16 heavy (non-hydrogen) atoms. The molecule has 0 saturated carbocycles. The lowest BCUT2D eigenvalue weighted by molar-refractivity contribution is -0.764. The number of imidazole rings is 1. The van der Waals surface area contributed by atoms with Crippen LogP contribution in [-0.4, -0.2) is 4.57 Å². The van der Waals surface area contributed by atoms with Crippen LogP contribution in [0.15, 0.2) is 0 Å². The molecule has 0 N–H and O–H groups in total. The monoisotopic (exact) mass is 223 g/mol. The molecule has 2 heteroatoms. The molecule has 1 rings (SSSR count). The normalized spacial score (nSPS) is 13.3. The van der Waals surface area contributed by atoms with Gasteiger partial charge in [-0.2, -0.15) is 0 Å². The van der Waals surface area contributed by atoms with Gasteiger partial charge in [0.2, 0.25) is 0 Å². The van der Waals surface area contributed by atoms with Gasteiger partial charge in [-0.1, -0.05) is 0 Å². The third-order valence-corrected chi connectivity index (χ3v) is 3.18. The summed E-state index contributed by atoms with van der Waals surface area (Å²) in [5, 5.41) is 0. The fourth-order valence-corrected chi connectivity index (χ4v) is 2.89. The number of aromatic nitrogens is 2. The Morgan fingerprint density at radius 3 is 1.50 bits per heavy atom. The van der Waals surface area contributed by atoms with Gasteiger partial charge in [-0.3, -0.25) is 0 Å². The Balaban J connectivity index is 3.59. The molecule has 0 aliphatic rings. The van der Waals surface area contributed by atoms with Gasteiger partial charge in [0.1, 0.15) is 22.5 Å². The van der Waals surface area contributed by atoms with Gasteiger partial charge in [0.05, 0.1) is 0 Å². The van der Waals surface area contributed by atoms with E-state index in [-0.39, 0.29) is 11.1 Å². The molecule has 0 aliphatic heterocycles. The molecular formula is C14H27N2+. The minimum Gasteiger partial charge on any atom is -0.227 e. The molecule has 1 aromatic heterocycles. The van der Waals surface area contributed by atoms with Crippen molar-refractivity contribution in [2.24, 2.45) is 0 Å². The summed E-state index contributed by atoms with van der Waals surface area (Å²) in [6.45, 7) is 20.2. The van der Waals surface area contributed by atoms with Crippen LogP contribution in [-0.2, 0) is 11.1 Å². The molecule has 0 unspecified atom stereocenters. The van der Waals surface area contributed by atoms with E-state index in [0.29, 0.717) is 0 Å². The minimum absolute atomic E-state index is 0.148. The highest BCUT2D eigenvalue weighted by Gasteiger charge is 2.34. The van der Waals surface area contributed by atoms with Gasteiger partial charge in [0, 0.05) is 20.8 Å². The van der Waals surface area contributed by atoms with E-state index in [1.165, 1.54) is 17.2 Å². The summed E-state index contributed by atoms with van der Waals surface area (Å²) < 4.78 is 4.88. The Hall–Kier alpha value is -0.790. The molecule has 1 aromatic rings. The third kappa shape index (κ3) is 2.02. The molecule has 0 fully saturated rings. The van der Waals surface area contributed by atoms with Crippen molar-refractivity contribution in [2.45, 2.75) is 73.4 Å². The zero-order chi connectivity index (χ0) is 12.9. The molecule has 1 heterocycles. The standard InChI is InChI=1S/C14H27N2/c1-10-11(2)16(14(7,8)9)12(3)15(10)13(4,5)6/h1-9H3/q+1. The molecule has 0 aromatic carbocycles. The maximum atomic E-state index is 2.44. The van der Waals surface area contributed by atoms with E-state index >= 15 is 0 Å². The van der Waals surface area contributed by atoms with E-state index in [1.807, 2.05) is 0 Å². The maximum Gasteiger partial charge on any atom is 0.254 e. The lowest BCUT2D eigenvalue weighted by Gasteiger charge is -2.20. The topological polar surface area (TPSA) is 8.81 Å². The van der Waals surface area contributed by atoms with Gasteiger partial charge in [0.25, 0.3) is 5.82 Å². The van der Waals surface area contributed by atoms with Gasteiger partial charge in [-0.05, 0) is 41.5 Å². The van der Waals surface area contributed by atoms with Crippen LogP contribution < -0.4 is 4.57 Å². The molecule has 0 bridgehead atoms. The van der Waals surface area contributed by atoms with Crippen LogP contribution in [0.2, 0.25) is 0 Å². The van der Waals surface area contributed by atoms with Crippen LogP contribution in [0.25, 0.3) is 0 Å². The van der Waals surface area contributed by atoms with Crippen LogP contribution in [0.3, 0.4) is 0 Å². The van der Waals surface area contributed by atoms with Gasteiger partial charge in [-0.25, -0.2) is 9.13 Å². The first-order valence-corrected chi connectivity index (χ1v) is 6.09. The van der Waals surface area contributed by atoms with Gasteiger partial charge >= 0.3 is 0 Å². The average Bonchev–Trinajstić information content (AvgIpc) is 2.19. The van der Waals surface area contributed by atoms with E-state index in [9.17, 15) is 0 Å². The number of rotatable bonds is 0. The van der Waals surface area contributed by atoms with Gasteiger partial charge in [-0.15, -0.1) is 0 Å². The molecular weight excluding hydrogens is 196 g/mol. The maximum absolute atomic E-state index is 2.44. The molecule has 92 valence electrons. The smallest absolute Gasteiger partial charge is 0.227 e. The highest BCUT2D eigenvalue weighted by atomic mass is 15.2. The average molecular weight is 223 g/mol. The van der Waals surface area contributed by atoms with E-state index in [4.69, 9.17) is 0 Å². The Morgan fingerprint density at radius 1 is 0.875 bits per heavy atom. The molecule has 0 spiro atoms. The molecule has 0 atom stereocenters. The summed E-state index contributed by atoms with van der Waals surface area (Å²) in [6, 6.07) is 0. The van der Waals surface area contributed by atoms with Crippen LogP contribution in [0, 0.1) is 20.8 Å². The predicted octanol–water partition coefficient (Wildman–Crippen LogP) is 3.21. The number of nitrogens with zero attached hydrogens (tertiary/aromatic N) is 2. The van der Waals surface area contributed by atoms with E-state index in [2.05, 4.69) is 71.4 Å². The zero-order valence-corrected chi connectivity index (χ0v) is 12.4. The quantitative estimate of drug-likeness (QED) is 0.597. The summed E-state index contributed by atoms with van der Waals surface area (Å²) in [6.07, 6.45) is 0. The van der Waals surface area contributed by atoms with Crippen molar-refractivity contribution in [1.29, 1.82) is 0 Å². The fourth-order valence-electron chi connectivity index (χ4n) is 2.89. The fraction of sp³-hybridized carbons (Fsp3) is 0.786. The zero-order valence-electron chi connectivity index (χ0n) is 12.4. The van der Waals surface area contributed by atoms with Crippen LogP contribution in [0.5, 0.6) is 0 Å². The molecule has 0 saturated heterocycles. The SMILES string of the molecule is Cc1c(C)[n+](C(C)(C)C)c(C)n1C(C)(C)C. The van der Waals surface area contributed by atoms with E-state index in [0.717, 1.165) is 0 Å². The summed E-state index contributed by atoms with van der Waals surface area (Å²) in [4.78, 5) is 0. The van der Waals surface area contributed by atoms with Crippen molar-refractivity contribution in [3.05, 3.63) is 17.2 Å². The van der Waals surface area contributed by atoms with E-state index in [1.54, 1.807) is 0 Å². The first kappa shape index (κ1) is 13.3. The lowest BCUT2D eigenvalue weighted by atomic mass is 10.1. The summed E-state index contributed by atoms with van der Waals surface area (Å²) >= 11 is 0. The lowest BCUT2D eigenvalue weighted by Crippen LogP contribution is -2.53. The summed E-state index contributed by atoms with van der Waals surface area (Å²) in [5.41, 5.74) is 3.05. The molecule has 0 radical (unpaired) electrons. The largest absolute Gasteiger partial charge is 0.254 e. The number of hydrogen-bond acceptors (Lipinski definition) is 0. The summed E-state index contributed by atoms with van der Waals surface area (Å²) in [5.74, 6) is 1.34. The first-order valence-electron chi connectivity index (χ1n) is 6.09. The minimum atomic E-state index is 0.148. The Bertz CT molecular complexity index is 360.